The van der Waals surface area contributed by atoms with Crippen LogP contribution in [0, 0.1) is 11.8 Å². The molecule has 1 aliphatic carbocycles. The van der Waals surface area contributed by atoms with Crippen LogP contribution in [-0.2, 0) is 0 Å². The van der Waals surface area contributed by atoms with E-state index >= 15 is 0 Å². The standard InChI is InChI=1S/C15H28N2/c1-2-4-15(14-7-9-16-10-8-14)17(11-3-1)12-13-5-6-13/h13-16H,1-12H2. The summed E-state index contributed by atoms with van der Waals surface area (Å²) in [7, 11) is 0. The highest BCUT2D eigenvalue weighted by molar-refractivity contribution is 4.88. The van der Waals surface area contributed by atoms with Crippen LogP contribution in [0.4, 0.5) is 0 Å². The van der Waals surface area contributed by atoms with E-state index in [9.17, 15) is 0 Å². The molecule has 2 saturated heterocycles. The Hall–Kier alpha value is -0.0800. The van der Waals surface area contributed by atoms with Gasteiger partial charge in [-0.3, -0.25) is 4.90 Å². The molecule has 2 heterocycles. The van der Waals surface area contributed by atoms with Gasteiger partial charge in [0.2, 0.25) is 0 Å². The molecular formula is C15H28N2. The Bertz CT molecular complexity index is 231. The third kappa shape index (κ3) is 3.23. The molecule has 0 spiro atoms. The molecule has 3 rings (SSSR count). The van der Waals surface area contributed by atoms with E-state index in [4.69, 9.17) is 0 Å². The molecule has 0 radical (unpaired) electrons. The van der Waals surface area contributed by atoms with Crippen LogP contribution in [0.1, 0.15) is 51.4 Å². The molecule has 0 aromatic rings. The lowest BCUT2D eigenvalue weighted by Gasteiger charge is -2.38. The van der Waals surface area contributed by atoms with Gasteiger partial charge in [-0.2, -0.15) is 0 Å². The highest BCUT2D eigenvalue weighted by Crippen LogP contribution is 2.34. The molecule has 0 aromatic carbocycles. The van der Waals surface area contributed by atoms with Gasteiger partial charge in [-0.05, 0) is 70.0 Å². The monoisotopic (exact) mass is 236 g/mol. The van der Waals surface area contributed by atoms with Gasteiger partial charge in [0.15, 0.2) is 0 Å². The molecule has 98 valence electrons. The Kier molecular flexibility index (Phi) is 4.02. The zero-order valence-electron chi connectivity index (χ0n) is 11.2. The molecule has 1 atom stereocenters. The average molecular weight is 236 g/mol. The Labute approximate surface area is 106 Å². The second-order valence-electron chi connectivity index (χ2n) is 6.44. The van der Waals surface area contributed by atoms with Crippen molar-refractivity contribution >= 4 is 0 Å². The van der Waals surface area contributed by atoms with Gasteiger partial charge in [0.05, 0.1) is 0 Å². The van der Waals surface area contributed by atoms with E-state index in [1.54, 1.807) is 0 Å². The molecule has 2 aliphatic heterocycles. The lowest BCUT2D eigenvalue weighted by molar-refractivity contribution is 0.117. The van der Waals surface area contributed by atoms with E-state index in [0.717, 1.165) is 17.9 Å². The van der Waals surface area contributed by atoms with Gasteiger partial charge in [-0.15, -0.1) is 0 Å². The zero-order valence-corrected chi connectivity index (χ0v) is 11.2. The molecule has 17 heavy (non-hydrogen) atoms. The average Bonchev–Trinajstić information content (AvgIpc) is 3.18. The molecule has 1 saturated carbocycles. The van der Waals surface area contributed by atoms with Crippen LogP contribution in [0.15, 0.2) is 0 Å². The predicted molar refractivity (Wildman–Crippen MR) is 72.1 cm³/mol. The fraction of sp³-hybridized carbons (Fsp3) is 1.00. The van der Waals surface area contributed by atoms with Crippen LogP contribution in [0.25, 0.3) is 0 Å². The van der Waals surface area contributed by atoms with E-state index in [2.05, 4.69) is 10.2 Å². The first-order valence-electron chi connectivity index (χ1n) is 7.88. The summed E-state index contributed by atoms with van der Waals surface area (Å²) in [6.07, 6.45) is 11.8. The first-order valence-corrected chi connectivity index (χ1v) is 7.88. The SMILES string of the molecule is C1CCC(C2CCNCC2)N(CC2CC2)CC1. The van der Waals surface area contributed by atoms with Gasteiger partial charge < -0.3 is 5.32 Å². The fourth-order valence-corrected chi connectivity index (χ4v) is 3.82. The lowest BCUT2D eigenvalue weighted by atomic mass is 9.86. The smallest absolute Gasteiger partial charge is 0.0125 e. The number of nitrogens with one attached hydrogen (secondary N) is 1. The summed E-state index contributed by atoms with van der Waals surface area (Å²) < 4.78 is 0. The topological polar surface area (TPSA) is 15.3 Å². The van der Waals surface area contributed by atoms with E-state index in [-0.39, 0.29) is 0 Å². The summed E-state index contributed by atoms with van der Waals surface area (Å²) >= 11 is 0. The van der Waals surface area contributed by atoms with Crippen molar-refractivity contribution < 1.29 is 0 Å². The summed E-state index contributed by atoms with van der Waals surface area (Å²) in [5, 5.41) is 3.52. The predicted octanol–water partition coefficient (Wildman–Crippen LogP) is 2.64. The van der Waals surface area contributed by atoms with Crippen molar-refractivity contribution in [3.63, 3.8) is 0 Å². The Morgan fingerprint density at radius 1 is 0.882 bits per heavy atom. The van der Waals surface area contributed by atoms with Crippen molar-refractivity contribution in [3.8, 4) is 0 Å². The van der Waals surface area contributed by atoms with Crippen molar-refractivity contribution in [3.05, 3.63) is 0 Å². The summed E-state index contributed by atoms with van der Waals surface area (Å²) in [4.78, 5) is 2.89. The Morgan fingerprint density at radius 2 is 1.71 bits per heavy atom. The normalized spacial score (nSPS) is 33.5. The quantitative estimate of drug-likeness (QED) is 0.810. The maximum absolute atomic E-state index is 3.52. The third-order valence-electron chi connectivity index (χ3n) is 5.03. The lowest BCUT2D eigenvalue weighted by Crippen LogP contribution is -2.45. The maximum Gasteiger partial charge on any atom is 0.0125 e. The number of piperidine rings is 1. The molecular weight excluding hydrogens is 208 g/mol. The number of hydrogen-bond donors (Lipinski definition) is 1. The number of rotatable bonds is 3. The molecule has 2 nitrogen and oxygen atoms in total. The fourth-order valence-electron chi connectivity index (χ4n) is 3.82. The minimum atomic E-state index is 0.931. The largest absolute Gasteiger partial charge is 0.317 e. The number of hydrogen-bond acceptors (Lipinski definition) is 2. The van der Waals surface area contributed by atoms with Gasteiger partial charge in [-0.1, -0.05) is 12.8 Å². The van der Waals surface area contributed by atoms with Gasteiger partial charge in [-0.25, -0.2) is 0 Å². The van der Waals surface area contributed by atoms with E-state index in [1.807, 2.05) is 0 Å². The zero-order chi connectivity index (χ0) is 11.5. The van der Waals surface area contributed by atoms with E-state index in [0.29, 0.717) is 0 Å². The van der Waals surface area contributed by atoms with Gasteiger partial charge in [0, 0.05) is 12.6 Å². The summed E-state index contributed by atoms with van der Waals surface area (Å²) in [5.41, 5.74) is 0. The summed E-state index contributed by atoms with van der Waals surface area (Å²) in [6, 6.07) is 0.931. The van der Waals surface area contributed by atoms with Gasteiger partial charge >= 0.3 is 0 Å². The van der Waals surface area contributed by atoms with Gasteiger partial charge in [0.25, 0.3) is 0 Å². The molecule has 3 aliphatic rings. The molecule has 2 heteroatoms. The highest BCUT2D eigenvalue weighted by atomic mass is 15.2. The van der Waals surface area contributed by atoms with E-state index < -0.39 is 0 Å². The molecule has 0 amide bonds. The third-order valence-corrected chi connectivity index (χ3v) is 5.03. The minimum absolute atomic E-state index is 0.931. The first kappa shape index (κ1) is 12.0. The van der Waals surface area contributed by atoms with Crippen molar-refractivity contribution in [2.75, 3.05) is 26.2 Å². The number of nitrogens with zero attached hydrogens (tertiary/aromatic N) is 1. The van der Waals surface area contributed by atoms with Crippen LogP contribution in [-0.4, -0.2) is 37.1 Å². The second kappa shape index (κ2) is 5.71. The van der Waals surface area contributed by atoms with Crippen molar-refractivity contribution in [1.82, 2.24) is 10.2 Å². The molecule has 0 aromatic heterocycles. The molecule has 0 bridgehead atoms. The summed E-state index contributed by atoms with van der Waals surface area (Å²) in [6.45, 7) is 5.34. The Balaban J connectivity index is 1.62. The molecule has 3 fully saturated rings. The van der Waals surface area contributed by atoms with Crippen LogP contribution < -0.4 is 5.32 Å². The Morgan fingerprint density at radius 3 is 2.47 bits per heavy atom. The first-order chi connectivity index (χ1) is 8.43. The van der Waals surface area contributed by atoms with Crippen molar-refractivity contribution in [1.29, 1.82) is 0 Å². The van der Waals surface area contributed by atoms with Crippen LogP contribution >= 0.6 is 0 Å². The number of likely N-dealkylation sites (tertiary alicyclic amines) is 1. The highest BCUT2D eigenvalue weighted by Gasteiger charge is 2.33. The van der Waals surface area contributed by atoms with Crippen molar-refractivity contribution in [2.45, 2.75) is 57.4 Å². The molecule has 1 N–H and O–H groups in total. The van der Waals surface area contributed by atoms with Gasteiger partial charge in [0.1, 0.15) is 0 Å². The maximum atomic E-state index is 3.52. The van der Waals surface area contributed by atoms with Crippen LogP contribution in [0.3, 0.4) is 0 Å². The van der Waals surface area contributed by atoms with E-state index in [1.165, 1.54) is 77.5 Å². The van der Waals surface area contributed by atoms with Crippen LogP contribution in [0.2, 0.25) is 0 Å². The van der Waals surface area contributed by atoms with Crippen LogP contribution in [0.5, 0.6) is 0 Å². The van der Waals surface area contributed by atoms with Crippen molar-refractivity contribution in [2.24, 2.45) is 11.8 Å². The second-order valence-corrected chi connectivity index (χ2v) is 6.44. The summed E-state index contributed by atoms with van der Waals surface area (Å²) in [5.74, 6) is 2.06. The molecule has 1 unspecified atom stereocenters. The minimum Gasteiger partial charge on any atom is -0.317 e.